The van der Waals surface area contributed by atoms with E-state index in [-0.39, 0.29) is 41.3 Å². The van der Waals surface area contributed by atoms with Crippen molar-refractivity contribution in [3.8, 4) is 0 Å². The molecule has 2 heterocycles. The Hall–Kier alpha value is -2.21. The second-order valence-electron chi connectivity index (χ2n) is 9.65. The van der Waals surface area contributed by atoms with Gasteiger partial charge in [0.15, 0.2) is 0 Å². The first kappa shape index (κ1) is 30.0. The number of rotatable bonds is 6. The molecule has 204 valence electrons. The summed E-state index contributed by atoms with van der Waals surface area (Å²) in [6.07, 6.45) is 1.50. The van der Waals surface area contributed by atoms with Crippen LogP contribution >= 0.6 is 0 Å². The normalized spacial score (nSPS) is 29.3. The molecule has 2 aliphatic rings. The summed E-state index contributed by atoms with van der Waals surface area (Å²) in [6, 6.07) is 5.78. The van der Waals surface area contributed by atoms with Crippen molar-refractivity contribution in [2.45, 2.75) is 102 Å². The monoisotopic (exact) mass is 529 g/mol. The van der Waals surface area contributed by atoms with Gasteiger partial charge in [0.1, 0.15) is 6.04 Å². The lowest BCUT2D eigenvalue weighted by atomic mass is 9.86. The lowest BCUT2D eigenvalue weighted by Crippen LogP contribution is -2.49. The minimum Gasteiger partial charge on any atom is -0.480 e. The van der Waals surface area contributed by atoms with Gasteiger partial charge in [-0.05, 0) is 65.5 Å². The SMILES string of the molecule is COC(=O)NC(C(=O)O)C1C[C@@H](C)O[C@@H](C)C1.Cc1ccc(S(=O)(=O)OC2C[C@@H](C)O[C@@H](C)C2)cc1. The van der Waals surface area contributed by atoms with E-state index >= 15 is 0 Å². The molecule has 10 nitrogen and oxygen atoms in total. The van der Waals surface area contributed by atoms with Gasteiger partial charge in [-0.25, -0.2) is 9.59 Å². The molecule has 1 aromatic carbocycles. The van der Waals surface area contributed by atoms with Gasteiger partial charge in [-0.2, -0.15) is 8.42 Å². The second-order valence-corrected chi connectivity index (χ2v) is 11.2. The van der Waals surface area contributed by atoms with Crippen LogP contribution in [0, 0.1) is 12.8 Å². The fourth-order valence-electron chi connectivity index (χ4n) is 4.66. The summed E-state index contributed by atoms with van der Waals surface area (Å²) in [5.41, 5.74) is 1.02. The lowest BCUT2D eigenvalue weighted by molar-refractivity contribution is -0.143. The van der Waals surface area contributed by atoms with Crippen molar-refractivity contribution in [2.24, 2.45) is 5.92 Å². The number of alkyl carbamates (subject to hydrolysis) is 1. The van der Waals surface area contributed by atoms with E-state index < -0.39 is 28.2 Å². The molecule has 0 spiro atoms. The predicted molar refractivity (Wildman–Crippen MR) is 132 cm³/mol. The molecule has 2 N–H and O–H groups in total. The minimum absolute atomic E-state index is 0.00467. The first-order chi connectivity index (χ1) is 16.8. The Morgan fingerprint density at radius 2 is 1.42 bits per heavy atom. The third-order valence-electron chi connectivity index (χ3n) is 6.16. The number of aryl methyl sites for hydroxylation is 1. The number of amides is 1. The van der Waals surface area contributed by atoms with Crippen molar-refractivity contribution in [2.75, 3.05) is 7.11 Å². The molecule has 2 saturated heterocycles. The van der Waals surface area contributed by atoms with E-state index in [2.05, 4.69) is 10.1 Å². The number of ether oxygens (including phenoxy) is 3. The number of aliphatic carboxylic acids is 1. The fraction of sp³-hybridized carbons (Fsp3) is 0.680. The van der Waals surface area contributed by atoms with Crippen LogP contribution in [0.3, 0.4) is 0 Å². The van der Waals surface area contributed by atoms with Crippen molar-refractivity contribution >= 4 is 22.2 Å². The number of hydrogen-bond donors (Lipinski definition) is 2. The minimum atomic E-state index is -3.68. The first-order valence-electron chi connectivity index (χ1n) is 12.2. The predicted octanol–water partition coefficient (Wildman–Crippen LogP) is 3.66. The summed E-state index contributed by atoms with van der Waals surface area (Å²) in [5.74, 6) is -1.17. The zero-order valence-electron chi connectivity index (χ0n) is 21.8. The summed E-state index contributed by atoms with van der Waals surface area (Å²) in [4.78, 5) is 22.5. The molecule has 0 radical (unpaired) electrons. The van der Waals surface area contributed by atoms with Gasteiger partial charge in [-0.3, -0.25) is 4.18 Å². The van der Waals surface area contributed by atoms with Crippen LogP contribution in [0.1, 0.15) is 58.9 Å². The average Bonchev–Trinajstić information content (AvgIpc) is 2.76. The molecular formula is C25H39NO9S. The third-order valence-corrected chi connectivity index (χ3v) is 7.53. The van der Waals surface area contributed by atoms with E-state index in [1.165, 1.54) is 7.11 Å². The number of benzene rings is 1. The Morgan fingerprint density at radius 3 is 1.86 bits per heavy atom. The molecule has 3 unspecified atom stereocenters. The van der Waals surface area contributed by atoms with Crippen molar-refractivity contribution in [1.82, 2.24) is 5.32 Å². The summed E-state index contributed by atoms with van der Waals surface area (Å²) in [7, 11) is -2.47. The van der Waals surface area contributed by atoms with E-state index in [9.17, 15) is 18.0 Å². The number of carbonyl (C=O) groups excluding carboxylic acids is 1. The zero-order valence-corrected chi connectivity index (χ0v) is 22.6. The molecule has 36 heavy (non-hydrogen) atoms. The summed E-state index contributed by atoms with van der Waals surface area (Å²) in [6.45, 7) is 9.59. The maximum atomic E-state index is 12.2. The highest BCUT2D eigenvalue weighted by molar-refractivity contribution is 7.86. The van der Waals surface area contributed by atoms with Crippen LogP contribution in [-0.4, -0.2) is 69.3 Å². The topological polar surface area (TPSA) is 137 Å². The quantitative estimate of drug-likeness (QED) is 0.529. The molecule has 7 atom stereocenters. The van der Waals surface area contributed by atoms with Crippen molar-refractivity contribution in [3.63, 3.8) is 0 Å². The van der Waals surface area contributed by atoms with Gasteiger partial charge in [0.25, 0.3) is 10.1 Å². The van der Waals surface area contributed by atoms with Gasteiger partial charge in [-0.1, -0.05) is 17.7 Å². The number of carboxylic acid groups (broad SMARTS) is 1. The highest BCUT2D eigenvalue weighted by Crippen LogP contribution is 2.28. The molecular weight excluding hydrogens is 490 g/mol. The highest BCUT2D eigenvalue weighted by Gasteiger charge is 2.36. The van der Waals surface area contributed by atoms with Gasteiger partial charge in [0, 0.05) is 12.8 Å². The molecule has 0 saturated carbocycles. The van der Waals surface area contributed by atoms with E-state index in [0.29, 0.717) is 25.7 Å². The third kappa shape index (κ3) is 9.34. The molecule has 0 aliphatic carbocycles. The van der Waals surface area contributed by atoms with Gasteiger partial charge in [0.05, 0.1) is 42.5 Å². The number of nitrogens with one attached hydrogen (secondary N) is 1. The van der Waals surface area contributed by atoms with Gasteiger partial charge >= 0.3 is 12.1 Å². The number of methoxy groups -OCH3 is 1. The fourth-order valence-corrected chi connectivity index (χ4v) is 5.75. The Bertz CT molecular complexity index is 946. The Kier molecular flexibility index (Phi) is 11.1. The van der Waals surface area contributed by atoms with E-state index in [4.69, 9.17) is 18.8 Å². The van der Waals surface area contributed by atoms with Gasteiger partial charge in [0.2, 0.25) is 0 Å². The first-order valence-corrected chi connectivity index (χ1v) is 13.6. The average molecular weight is 530 g/mol. The maximum absolute atomic E-state index is 12.2. The second kappa shape index (κ2) is 13.4. The lowest BCUT2D eigenvalue weighted by Gasteiger charge is -2.35. The zero-order chi connectivity index (χ0) is 27.0. The van der Waals surface area contributed by atoms with Crippen LogP contribution in [0.5, 0.6) is 0 Å². The Balaban J connectivity index is 0.000000255. The highest BCUT2D eigenvalue weighted by atomic mass is 32.2. The molecule has 2 fully saturated rings. The summed E-state index contributed by atoms with van der Waals surface area (Å²) in [5, 5.41) is 11.5. The number of carboxylic acids is 1. The van der Waals surface area contributed by atoms with Crippen LogP contribution in [0.25, 0.3) is 0 Å². The van der Waals surface area contributed by atoms with Crippen molar-refractivity contribution < 1.29 is 41.5 Å². The Labute approximate surface area is 213 Å². The van der Waals surface area contributed by atoms with Crippen LogP contribution in [-0.2, 0) is 33.3 Å². The van der Waals surface area contributed by atoms with Crippen LogP contribution in [0.15, 0.2) is 29.2 Å². The number of carbonyl (C=O) groups is 2. The van der Waals surface area contributed by atoms with Crippen LogP contribution in [0.2, 0.25) is 0 Å². The van der Waals surface area contributed by atoms with Gasteiger partial charge in [-0.15, -0.1) is 0 Å². The van der Waals surface area contributed by atoms with E-state index in [1.807, 2.05) is 34.6 Å². The smallest absolute Gasteiger partial charge is 0.407 e. The Morgan fingerprint density at radius 1 is 0.944 bits per heavy atom. The molecule has 0 aromatic heterocycles. The standard InChI is InChI=1S/C14H20O4S.C11H19NO5/c1-10-4-6-14(7-5-10)19(15,16)18-13-8-11(2)17-12(3)9-13;1-6-4-8(5-7(2)17-6)9(10(13)14)12-11(15)16-3/h4-7,11-13H,8-9H2,1-3H3;6-9H,4-5H2,1-3H3,(H,12,15)(H,13,14)/t11-,12+,13?;6-,7+,8?,9?. The molecule has 3 rings (SSSR count). The molecule has 0 bridgehead atoms. The molecule has 11 heteroatoms. The van der Waals surface area contributed by atoms with Crippen molar-refractivity contribution in [3.05, 3.63) is 29.8 Å². The van der Waals surface area contributed by atoms with E-state index in [1.54, 1.807) is 24.3 Å². The van der Waals surface area contributed by atoms with Crippen LogP contribution < -0.4 is 5.32 Å². The molecule has 1 amide bonds. The van der Waals surface area contributed by atoms with E-state index in [0.717, 1.165) is 5.56 Å². The number of hydrogen-bond acceptors (Lipinski definition) is 8. The van der Waals surface area contributed by atoms with Crippen LogP contribution in [0.4, 0.5) is 4.79 Å². The summed E-state index contributed by atoms with van der Waals surface area (Å²) >= 11 is 0. The molecule has 2 aliphatic heterocycles. The van der Waals surface area contributed by atoms with Gasteiger partial charge < -0.3 is 24.6 Å². The van der Waals surface area contributed by atoms with Crippen molar-refractivity contribution in [1.29, 1.82) is 0 Å². The maximum Gasteiger partial charge on any atom is 0.407 e. The molecule has 1 aromatic rings. The largest absolute Gasteiger partial charge is 0.480 e. The summed E-state index contributed by atoms with van der Waals surface area (Å²) < 4.78 is 45.2.